The Morgan fingerprint density at radius 2 is 2.08 bits per heavy atom. The second-order valence-electron chi connectivity index (χ2n) is 5.54. The Hall–Kier alpha value is -2.88. The summed E-state index contributed by atoms with van der Waals surface area (Å²) in [6, 6.07) is 16.5. The average Bonchev–Trinajstić information content (AvgIpc) is 3.10. The number of amides is 1. The zero-order valence-electron chi connectivity index (χ0n) is 13.2. The van der Waals surface area contributed by atoms with E-state index in [-0.39, 0.29) is 18.1 Å². The number of methoxy groups -OCH3 is 1. The third-order valence-corrected chi connectivity index (χ3v) is 3.98. The number of ether oxygens (including phenoxy) is 1. The lowest BCUT2D eigenvalue weighted by Crippen LogP contribution is -2.44. The SMILES string of the molecule is COc1ccccc1C1CC(NC(=O)c2cccc(C#N)c2)NN1. The van der Waals surface area contributed by atoms with Crippen LogP contribution in [0, 0.1) is 11.3 Å². The first kappa shape index (κ1) is 16.0. The molecule has 0 saturated carbocycles. The number of carbonyl (C=O) groups excluding carboxylic acids is 1. The van der Waals surface area contributed by atoms with Crippen LogP contribution in [0.4, 0.5) is 0 Å². The van der Waals surface area contributed by atoms with Gasteiger partial charge in [-0.25, -0.2) is 10.9 Å². The van der Waals surface area contributed by atoms with Gasteiger partial charge in [-0.15, -0.1) is 0 Å². The Morgan fingerprint density at radius 1 is 1.25 bits per heavy atom. The van der Waals surface area contributed by atoms with E-state index in [0.29, 0.717) is 17.5 Å². The van der Waals surface area contributed by atoms with Gasteiger partial charge in [0.25, 0.3) is 5.91 Å². The summed E-state index contributed by atoms with van der Waals surface area (Å²) in [6.45, 7) is 0. The number of hydrazine groups is 1. The van der Waals surface area contributed by atoms with Crippen LogP contribution in [0.1, 0.15) is 33.9 Å². The maximum absolute atomic E-state index is 12.3. The molecule has 24 heavy (non-hydrogen) atoms. The highest BCUT2D eigenvalue weighted by Gasteiger charge is 2.28. The standard InChI is InChI=1S/C18H18N4O2/c1-24-16-8-3-2-7-14(16)15-10-17(22-21-15)20-18(23)13-6-4-5-12(9-13)11-19/h2-9,15,17,21-22H,10H2,1H3,(H,20,23). The minimum Gasteiger partial charge on any atom is -0.496 e. The van der Waals surface area contributed by atoms with Crippen molar-refractivity contribution in [3.63, 3.8) is 0 Å². The van der Waals surface area contributed by atoms with Crippen molar-refractivity contribution in [2.24, 2.45) is 0 Å². The molecule has 0 bridgehead atoms. The molecule has 1 saturated heterocycles. The molecule has 3 N–H and O–H groups in total. The molecule has 1 amide bonds. The minimum atomic E-state index is -0.216. The quantitative estimate of drug-likeness (QED) is 0.800. The van der Waals surface area contributed by atoms with E-state index in [4.69, 9.17) is 10.00 Å². The average molecular weight is 322 g/mol. The molecule has 6 heteroatoms. The van der Waals surface area contributed by atoms with Crippen molar-refractivity contribution in [2.75, 3.05) is 7.11 Å². The van der Waals surface area contributed by atoms with Gasteiger partial charge in [-0.2, -0.15) is 5.26 Å². The van der Waals surface area contributed by atoms with Crippen LogP contribution >= 0.6 is 0 Å². The molecule has 3 rings (SSSR count). The number of nitriles is 1. The Balaban J connectivity index is 1.66. The molecule has 0 aromatic heterocycles. The van der Waals surface area contributed by atoms with E-state index in [9.17, 15) is 4.79 Å². The van der Waals surface area contributed by atoms with Gasteiger partial charge in [-0.3, -0.25) is 4.79 Å². The van der Waals surface area contributed by atoms with Crippen LogP contribution < -0.4 is 20.9 Å². The topological polar surface area (TPSA) is 86.2 Å². The second-order valence-corrected chi connectivity index (χ2v) is 5.54. The smallest absolute Gasteiger partial charge is 0.252 e. The van der Waals surface area contributed by atoms with Crippen LogP contribution in [0.5, 0.6) is 5.75 Å². The summed E-state index contributed by atoms with van der Waals surface area (Å²) in [4.78, 5) is 12.3. The molecule has 2 unspecified atom stereocenters. The van der Waals surface area contributed by atoms with E-state index in [1.54, 1.807) is 31.4 Å². The summed E-state index contributed by atoms with van der Waals surface area (Å²) < 4.78 is 5.38. The monoisotopic (exact) mass is 322 g/mol. The maximum Gasteiger partial charge on any atom is 0.252 e. The van der Waals surface area contributed by atoms with E-state index in [1.165, 1.54) is 0 Å². The molecule has 1 aliphatic rings. The van der Waals surface area contributed by atoms with E-state index < -0.39 is 0 Å². The largest absolute Gasteiger partial charge is 0.496 e. The number of rotatable bonds is 4. The lowest BCUT2D eigenvalue weighted by molar-refractivity contribution is 0.0932. The molecule has 1 heterocycles. The second kappa shape index (κ2) is 7.13. The van der Waals surface area contributed by atoms with Gasteiger partial charge in [0, 0.05) is 17.5 Å². The molecule has 0 radical (unpaired) electrons. The third-order valence-electron chi connectivity index (χ3n) is 3.98. The highest BCUT2D eigenvalue weighted by atomic mass is 16.5. The fourth-order valence-corrected chi connectivity index (χ4v) is 2.78. The molecular formula is C18H18N4O2. The number of hydrogen-bond donors (Lipinski definition) is 3. The van der Waals surface area contributed by atoms with Gasteiger partial charge in [-0.1, -0.05) is 24.3 Å². The van der Waals surface area contributed by atoms with Crippen LogP contribution in [0.25, 0.3) is 0 Å². The molecular weight excluding hydrogens is 304 g/mol. The zero-order chi connectivity index (χ0) is 16.9. The maximum atomic E-state index is 12.3. The van der Waals surface area contributed by atoms with E-state index in [0.717, 1.165) is 11.3 Å². The van der Waals surface area contributed by atoms with Crippen LogP contribution in [-0.2, 0) is 0 Å². The van der Waals surface area contributed by atoms with E-state index >= 15 is 0 Å². The Morgan fingerprint density at radius 3 is 2.88 bits per heavy atom. The van der Waals surface area contributed by atoms with Crippen molar-refractivity contribution in [1.29, 1.82) is 5.26 Å². The number of benzene rings is 2. The molecule has 6 nitrogen and oxygen atoms in total. The molecule has 0 spiro atoms. The van der Waals surface area contributed by atoms with Gasteiger partial charge in [0.15, 0.2) is 0 Å². The van der Waals surface area contributed by atoms with Crippen LogP contribution in [-0.4, -0.2) is 19.2 Å². The Bertz CT molecular complexity index is 785. The summed E-state index contributed by atoms with van der Waals surface area (Å²) in [5.74, 6) is 0.595. The predicted octanol–water partition coefficient (Wildman–Crippen LogP) is 1.86. The van der Waals surface area contributed by atoms with Crippen molar-refractivity contribution < 1.29 is 9.53 Å². The summed E-state index contributed by atoms with van der Waals surface area (Å²) in [6.07, 6.45) is 0.475. The predicted molar refractivity (Wildman–Crippen MR) is 89.0 cm³/mol. The van der Waals surface area contributed by atoms with E-state index in [1.807, 2.05) is 30.3 Å². The highest BCUT2D eigenvalue weighted by Crippen LogP contribution is 2.29. The number of nitrogens with one attached hydrogen (secondary N) is 3. The first-order chi connectivity index (χ1) is 11.7. The van der Waals surface area contributed by atoms with Crippen LogP contribution in [0.15, 0.2) is 48.5 Å². The molecule has 2 atom stereocenters. The number of hydrogen-bond acceptors (Lipinski definition) is 5. The summed E-state index contributed by atoms with van der Waals surface area (Å²) in [5.41, 5.74) is 8.23. The summed E-state index contributed by atoms with van der Waals surface area (Å²) in [5, 5.41) is 11.8. The molecule has 2 aromatic carbocycles. The Kier molecular flexibility index (Phi) is 4.75. The van der Waals surface area contributed by atoms with Crippen molar-refractivity contribution in [3.05, 3.63) is 65.2 Å². The molecule has 2 aromatic rings. The molecule has 122 valence electrons. The van der Waals surface area contributed by atoms with Gasteiger partial charge >= 0.3 is 0 Å². The van der Waals surface area contributed by atoms with Crippen LogP contribution in [0.2, 0.25) is 0 Å². The van der Waals surface area contributed by atoms with Gasteiger partial charge in [-0.05, 0) is 24.3 Å². The molecule has 1 fully saturated rings. The van der Waals surface area contributed by atoms with Gasteiger partial charge in [0.2, 0.25) is 0 Å². The minimum absolute atomic E-state index is 0.0388. The summed E-state index contributed by atoms with van der Waals surface area (Å²) in [7, 11) is 1.64. The zero-order valence-corrected chi connectivity index (χ0v) is 13.2. The molecule has 1 aliphatic heterocycles. The number of carbonyl (C=O) groups is 1. The normalized spacial score (nSPS) is 19.5. The fourth-order valence-electron chi connectivity index (χ4n) is 2.78. The van der Waals surface area contributed by atoms with Crippen molar-refractivity contribution >= 4 is 5.91 Å². The number of para-hydroxylation sites is 1. The van der Waals surface area contributed by atoms with Crippen LogP contribution in [0.3, 0.4) is 0 Å². The van der Waals surface area contributed by atoms with Crippen molar-refractivity contribution in [1.82, 2.24) is 16.2 Å². The number of nitrogens with zero attached hydrogens (tertiary/aromatic N) is 1. The lowest BCUT2D eigenvalue weighted by Gasteiger charge is -2.14. The van der Waals surface area contributed by atoms with Gasteiger partial charge in [0.05, 0.1) is 31.0 Å². The lowest BCUT2D eigenvalue weighted by atomic mass is 10.0. The van der Waals surface area contributed by atoms with Gasteiger partial charge < -0.3 is 10.1 Å². The Labute approximate surface area is 140 Å². The third kappa shape index (κ3) is 3.38. The first-order valence-corrected chi connectivity index (χ1v) is 7.66. The van der Waals surface area contributed by atoms with E-state index in [2.05, 4.69) is 16.2 Å². The highest BCUT2D eigenvalue weighted by molar-refractivity contribution is 5.94. The first-order valence-electron chi connectivity index (χ1n) is 7.66. The molecule has 0 aliphatic carbocycles. The summed E-state index contributed by atoms with van der Waals surface area (Å²) >= 11 is 0. The van der Waals surface area contributed by atoms with Gasteiger partial charge in [0.1, 0.15) is 5.75 Å². The van der Waals surface area contributed by atoms with Crippen molar-refractivity contribution in [3.8, 4) is 11.8 Å². The van der Waals surface area contributed by atoms with Crippen molar-refractivity contribution in [2.45, 2.75) is 18.6 Å². The fraction of sp³-hybridized carbons (Fsp3) is 0.222.